The van der Waals surface area contributed by atoms with Gasteiger partial charge in [0.25, 0.3) is 0 Å². The summed E-state index contributed by atoms with van der Waals surface area (Å²) in [5.41, 5.74) is 0. The van der Waals surface area contributed by atoms with E-state index in [1.807, 2.05) is 18.7 Å². The minimum atomic E-state index is -4.32. The Morgan fingerprint density at radius 1 is 1.35 bits per heavy atom. The number of amides is 2. The molecule has 1 aliphatic heterocycles. The number of nitriles is 1. The molecule has 0 bridgehead atoms. The van der Waals surface area contributed by atoms with E-state index in [9.17, 15) is 18.0 Å². The van der Waals surface area contributed by atoms with E-state index in [-0.39, 0.29) is 31.3 Å². The fourth-order valence-corrected chi connectivity index (χ4v) is 2.59. The van der Waals surface area contributed by atoms with Gasteiger partial charge in [0.2, 0.25) is 0 Å². The first-order valence-electron chi connectivity index (χ1n) is 7.54. The summed E-state index contributed by atoms with van der Waals surface area (Å²) in [4.78, 5) is 15.8. The van der Waals surface area contributed by atoms with Crippen molar-refractivity contribution in [1.82, 2.24) is 15.1 Å². The Labute approximate surface area is 134 Å². The summed E-state index contributed by atoms with van der Waals surface area (Å²) in [6.07, 6.45) is -4.00. The molecule has 0 spiro atoms. The molecule has 1 N–H and O–H groups in total. The van der Waals surface area contributed by atoms with Crippen molar-refractivity contribution < 1.29 is 22.7 Å². The third-order valence-corrected chi connectivity index (χ3v) is 3.65. The van der Waals surface area contributed by atoms with Crippen molar-refractivity contribution in [3.63, 3.8) is 0 Å². The molecule has 1 saturated heterocycles. The first kappa shape index (κ1) is 19.5. The SMILES string of the molecule is CC1CN(C(=O)NCCCOCC(F)(F)F)CC(C)N1CC#N. The fraction of sp³-hybridized carbons (Fsp3) is 0.857. The Kier molecular flexibility index (Phi) is 7.58. The Balaban J connectivity index is 2.24. The van der Waals surface area contributed by atoms with Crippen molar-refractivity contribution in [1.29, 1.82) is 5.26 Å². The van der Waals surface area contributed by atoms with Crippen LogP contribution >= 0.6 is 0 Å². The van der Waals surface area contributed by atoms with Crippen molar-refractivity contribution in [2.24, 2.45) is 0 Å². The Hall–Kier alpha value is -1.53. The molecule has 2 atom stereocenters. The van der Waals surface area contributed by atoms with Crippen molar-refractivity contribution in [3.8, 4) is 6.07 Å². The van der Waals surface area contributed by atoms with E-state index in [1.54, 1.807) is 4.90 Å². The van der Waals surface area contributed by atoms with Gasteiger partial charge >= 0.3 is 12.2 Å². The summed E-state index contributed by atoms with van der Waals surface area (Å²) in [7, 11) is 0. The van der Waals surface area contributed by atoms with Gasteiger partial charge in [-0.2, -0.15) is 18.4 Å². The van der Waals surface area contributed by atoms with Gasteiger partial charge in [-0.1, -0.05) is 0 Å². The molecule has 1 fully saturated rings. The molecule has 2 unspecified atom stereocenters. The number of piperazine rings is 1. The van der Waals surface area contributed by atoms with Crippen molar-refractivity contribution in [2.45, 2.75) is 38.5 Å². The van der Waals surface area contributed by atoms with Crippen LogP contribution in [0.4, 0.5) is 18.0 Å². The van der Waals surface area contributed by atoms with Gasteiger partial charge in [0.05, 0.1) is 12.6 Å². The summed E-state index contributed by atoms with van der Waals surface area (Å²) >= 11 is 0. The molecule has 0 aromatic carbocycles. The first-order chi connectivity index (χ1) is 10.7. The molecule has 0 saturated carbocycles. The predicted molar refractivity (Wildman–Crippen MR) is 77.7 cm³/mol. The first-order valence-corrected chi connectivity index (χ1v) is 7.54. The van der Waals surface area contributed by atoms with E-state index < -0.39 is 12.8 Å². The Bertz CT molecular complexity index is 413. The van der Waals surface area contributed by atoms with E-state index in [4.69, 9.17) is 5.26 Å². The zero-order chi connectivity index (χ0) is 17.5. The zero-order valence-corrected chi connectivity index (χ0v) is 13.4. The highest BCUT2D eigenvalue weighted by molar-refractivity contribution is 5.74. The van der Waals surface area contributed by atoms with Crippen LogP contribution in [0.1, 0.15) is 20.3 Å². The second-order valence-corrected chi connectivity index (χ2v) is 5.69. The van der Waals surface area contributed by atoms with Gasteiger partial charge in [-0.15, -0.1) is 0 Å². The molecule has 0 aromatic rings. The fourth-order valence-electron chi connectivity index (χ4n) is 2.59. The highest BCUT2D eigenvalue weighted by atomic mass is 19.4. The molecule has 132 valence electrons. The van der Waals surface area contributed by atoms with Crippen molar-refractivity contribution in [2.75, 3.05) is 39.4 Å². The van der Waals surface area contributed by atoms with E-state index in [1.165, 1.54) is 0 Å². The van der Waals surface area contributed by atoms with Gasteiger partial charge in [0, 0.05) is 38.3 Å². The van der Waals surface area contributed by atoms with Crippen LogP contribution < -0.4 is 5.32 Å². The Morgan fingerprint density at radius 2 is 1.96 bits per heavy atom. The van der Waals surface area contributed by atoms with Gasteiger partial charge in [0.1, 0.15) is 6.61 Å². The smallest absolute Gasteiger partial charge is 0.372 e. The summed E-state index contributed by atoms with van der Waals surface area (Å²) in [6.45, 7) is 4.22. The molecule has 0 aliphatic carbocycles. The lowest BCUT2D eigenvalue weighted by Gasteiger charge is -2.43. The minimum absolute atomic E-state index is 0.0530. The molecule has 1 heterocycles. The molecule has 23 heavy (non-hydrogen) atoms. The number of nitrogens with one attached hydrogen (secondary N) is 1. The van der Waals surface area contributed by atoms with Gasteiger partial charge in [-0.05, 0) is 20.3 Å². The number of rotatable bonds is 6. The zero-order valence-electron chi connectivity index (χ0n) is 13.4. The lowest BCUT2D eigenvalue weighted by molar-refractivity contribution is -0.173. The van der Waals surface area contributed by atoms with Crippen LogP contribution in [0.15, 0.2) is 0 Å². The third kappa shape index (κ3) is 7.05. The van der Waals surface area contributed by atoms with Crippen molar-refractivity contribution >= 4 is 6.03 Å². The van der Waals surface area contributed by atoms with Crippen LogP contribution in [0.25, 0.3) is 0 Å². The standard InChI is InChI=1S/C14H23F3N4O2/c1-11-8-20(9-12(2)21(11)6-4-18)13(22)19-5-3-7-23-10-14(15,16)17/h11-12H,3,5-10H2,1-2H3,(H,19,22). The predicted octanol–water partition coefficient (Wildman–Crippen LogP) is 1.58. The summed E-state index contributed by atoms with van der Waals surface area (Å²) in [5.74, 6) is 0. The summed E-state index contributed by atoms with van der Waals surface area (Å²) in [5, 5.41) is 11.5. The van der Waals surface area contributed by atoms with Crippen molar-refractivity contribution in [3.05, 3.63) is 0 Å². The largest absolute Gasteiger partial charge is 0.411 e. The van der Waals surface area contributed by atoms with Crippen LogP contribution in [0.2, 0.25) is 0 Å². The van der Waals surface area contributed by atoms with Crippen LogP contribution in [0, 0.1) is 11.3 Å². The monoisotopic (exact) mass is 336 g/mol. The molecular weight excluding hydrogens is 313 g/mol. The number of hydrogen-bond acceptors (Lipinski definition) is 4. The topological polar surface area (TPSA) is 68.6 Å². The molecule has 9 heteroatoms. The third-order valence-electron chi connectivity index (χ3n) is 3.65. The molecule has 2 amide bonds. The Morgan fingerprint density at radius 3 is 2.48 bits per heavy atom. The lowest BCUT2D eigenvalue weighted by atomic mass is 10.1. The van der Waals surface area contributed by atoms with Gasteiger partial charge in [0.15, 0.2) is 0 Å². The number of hydrogen-bond donors (Lipinski definition) is 1. The number of ether oxygens (including phenoxy) is 1. The molecule has 1 rings (SSSR count). The number of halogens is 3. The number of carbonyl (C=O) groups excluding carboxylic acids is 1. The average molecular weight is 336 g/mol. The molecule has 1 aliphatic rings. The quantitative estimate of drug-likeness (QED) is 0.591. The van der Waals surface area contributed by atoms with E-state index in [0.717, 1.165) is 0 Å². The maximum Gasteiger partial charge on any atom is 0.411 e. The molecule has 6 nitrogen and oxygen atoms in total. The number of carbonyl (C=O) groups is 1. The maximum atomic E-state index is 12.1. The highest BCUT2D eigenvalue weighted by Gasteiger charge is 2.31. The maximum absolute atomic E-state index is 12.1. The second kappa shape index (κ2) is 8.93. The number of alkyl halides is 3. The second-order valence-electron chi connectivity index (χ2n) is 5.69. The lowest BCUT2D eigenvalue weighted by Crippen LogP contribution is -2.59. The van der Waals surface area contributed by atoms with Crippen LogP contribution in [-0.2, 0) is 4.74 Å². The average Bonchev–Trinajstić information content (AvgIpc) is 2.45. The normalized spacial score (nSPS) is 22.7. The minimum Gasteiger partial charge on any atom is -0.372 e. The van der Waals surface area contributed by atoms with Crippen LogP contribution in [0.3, 0.4) is 0 Å². The number of nitrogens with zero attached hydrogens (tertiary/aromatic N) is 3. The van der Waals surface area contributed by atoms with Gasteiger partial charge in [-0.25, -0.2) is 4.79 Å². The van der Waals surface area contributed by atoms with Gasteiger partial charge < -0.3 is 15.0 Å². The number of urea groups is 1. The molecule has 0 radical (unpaired) electrons. The van der Waals surface area contributed by atoms with E-state index in [2.05, 4.69) is 16.1 Å². The highest BCUT2D eigenvalue weighted by Crippen LogP contribution is 2.15. The molecule has 0 aromatic heterocycles. The van der Waals surface area contributed by atoms with Crippen LogP contribution in [0.5, 0.6) is 0 Å². The van der Waals surface area contributed by atoms with Crippen LogP contribution in [-0.4, -0.2) is 73.5 Å². The van der Waals surface area contributed by atoms with E-state index >= 15 is 0 Å². The summed E-state index contributed by atoms with van der Waals surface area (Å²) in [6, 6.07) is 2.05. The molecular formula is C14H23F3N4O2. The summed E-state index contributed by atoms with van der Waals surface area (Å²) < 4.78 is 40.1. The van der Waals surface area contributed by atoms with Gasteiger partial charge in [-0.3, -0.25) is 4.90 Å². The van der Waals surface area contributed by atoms with E-state index in [0.29, 0.717) is 26.1 Å².